The van der Waals surface area contributed by atoms with Crippen LogP contribution in [0.2, 0.25) is 0 Å². The largest absolute Gasteiger partial charge is 0.444 e. The van der Waals surface area contributed by atoms with Crippen LogP contribution in [0, 0.1) is 0 Å². The molecule has 0 bridgehead atoms. The summed E-state index contributed by atoms with van der Waals surface area (Å²) < 4.78 is 5.28. The highest BCUT2D eigenvalue weighted by atomic mass is 16.6. The maximum atomic E-state index is 11.7. The monoisotopic (exact) mass is 270 g/mol. The first kappa shape index (κ1) is 15.6. The summed E-state index contributed by atoms with van der Waals surface area (Å²) in [6.07, 6.45) is -0.277. The quantitative estimate of drug-likeness (QED) is 0.619. The standard InChI is InChI=1S/C13H26N4O2/c1-6-16(7-2)11(14)15-10-8-17(9-10)12(18)19-13(3,4)5/h10H,6-9H2,1-5H3,(H2,14,15). The highest BCUT2D eigenvalue weighted by molar-refractivity contribution is 5.78. The van der Waals surface area contributed by atoms with Gasteiger partial charge in [-0.3, -0.25) is 0 Å². The van der Waals surface area contributed by atoms with Crippen LogP contribution < -0.4 is 5.73 Å². The maximum absolute atomic E-state index is 11.7. The van der Waals surface area contributed by atoms with Gasteiger partial charge < -0.3 is 20.3 Å². The van der Waals surface area contributed by atoms with Gasteiger partial charge in [0.1, 0.15) is 5.60 Å². The van der Waals surface area contributed by atoms with Crippen molar-refractivity contribution in [3.05, 3.63) is 0 Å². The molecule has 0 saturated carbocycles. The van der Waals surface area contributed by atoms with Gasteiger partial charge in [0.25, 0.3) is 0 Å². The second-order valence-electron chi connectivity index (χ2n) is 5.70. The van der Waals surface area contributed by atoms with Crippen LogP contribution in [0.3, 0.4) is 0 Å². The topological polar surface area (TPSA) is 71.2 Å². The molecular weight excluding hydrogens is 244 g/mol. The first-order valence-electron chi connectivity index (χ1n) is 6.83. The Morgan fingerprint density at radius 3 is 2.32 bits per heavy atom. The molecule has 0 aromatic heterocycles. The zero-order chi connectivity index (χ0) is 14.6. The summed E-state index contributed by atoms with van der Waals surface area (Å²) in [4.78, 5) is 19.8. The van der Waals surface area contributed by atoms with Crippen LogP contribution in [0.5, 0.6) is 0 Å². The Kier molecular flexibility index (Phi) is 5.03. The minimum absolute atomic E-state index is 0.0909. The van der Waals surface area contributed by atoms with Gasteiger partial charge in [-0.1, -0.05) is 0 Å². The molecule has 0 atom stereocenters. The van der Waals surface area contributed by atoms with Crippen molar-refractivity contribution < 1.29 is 9.53 Å². The third kappa shape index (κ3) is 4.61. The predicted octanol–water partition coefficient (Wildman–Crippen LogP) is 1.26. The molecular formula is C13H26N4O2. The normalized spacial score (nSPS) is 17.1. The molecule has 1 aliphatic rings. The molecule has 0 aromatic rings. The smallest absolute Gasteiger partial charge is 0.410 e. The van der Waals surface area contributed by atoms with Gasteiger partial charge in [0, 0.05) is 26.2 Å². The lowest BCUT2D eigenvalue weighted by Crippen LogP contribution is -2.55. The summed E-state index contributed by atoms with van der Waals surface area (Å²) in [5.74, 6) is 0.554. The molecule has 0 radical (unpaired) electrons. The number of hydrogen-bond donors (Lipinski definition) is 1. The molecule has 1 rings (SSSR count). The first-order chi connectivity index (χ1) is 8.76. The van der Waals surface area contributed by atoms with Crippen molar-refractivity contribution in [3.8, 4) is 0 Å². The van der Waals surface area contributed by atoms with Gasteiger partial charge in [-0.05, 0) is 34.6 Å². The second kappa shape index (κ2) is 6.12. The zero-order valence-electron chi connectivity index (χ0n) is 12.6. The molecule has 1 saturated heterocycles. The van der Waals surface area contributed by atoms with Crippen molar-refractivity contribution in [1.29, 1.82) is 0 Å². The molecule has 6 heteroatoms. The molecule has 1 aliphatic heterocycles. The van der Waals surface area contributed by atoms with E-state index in [1.807, 2.05) is 39.5 Å². The van der Waals surface area contributed by atoms with E-state index < -0.39 is 5.60 Å². The molecule has 0 spiro atoms. The number of hydrogen-bond acceptors (Lipinski definition) is 3. The van der Waals surface area contributed by atoms with Gasteiger partial charge in [-0.25, -0.2) is 9.79 Å². The van der Waals surface area contributed by atoms with Crippen LogP contribution in [-0.2, 0) is 4.74 Å². The average molecular weight is 270 g/mol. The molecule has 19 heavy (non-hydrogen) atoms. The highest BCUT2D eigenvalue weighted by Gasteiger charge is 2.33. The van der Waals surface area contributed by atoms with Crippen LogP contribution in [0.25, 0.3) is 0 Å². The summed E-state index contributed by atoms with van der Waals surface area (Å²) >= 11 is 0. The van der Waals surface area contributed by atoms with E-state index in [9.17, 15) is 4.79 Å². The Labute approximate surface area is 115 Å². The fourth-order valence-electron chi connectivity index (χ4n) is 1.83. The summed E-state index contributed by atoms with van der Waals surface area (Å²) in [6.45, 7) is 12.5. The van der Waals surface area contributed by atoms with Crippen LogP contribution in [-0.4, -0.2) is 59.7 Å². The van der Waals surface area contributed by atoms with Crippen molar-refractivity contribution in [2.45, 2.75) is 46.3 Å². The number of amides is 1. The maximum Gasteiger partial charge on any atom is 0.410 e. The summed E-state index contributed by atoms with van der Waals surface area (Å²) in [5.41, 5.74) is 5.46. The third-order valence-electron chi connectivity index (χ3n) is 2.92. The van der Waals surface area contributed by atoms with Crippen LogP contribution >= 0.6 is 0 Å². The van der Waals surface area contributed by atoms with Gasteiger partial charge in [-0.15, -0.1) is 0 Å². The molecule has 1 heterocycles. The lowest BCUT2D eigenvalue weighted by Gasteiger charge is -2.38. The summed E-state index contributed by atoms with van der Waals surface area (Å²) in [6, 6.07) is 0.0909. The average Bonchev–Trinajstić information content (AvgIpc) is 2.21. The molecule has 110 valence electrons. The number of rotatable bonds is 3. The van der Waals surface area contributed by atoms with Crippen LogP contribution in [0.15, 0.2) is 4.99 Å². The summed E-state index contributed by atoms with van der Waals surface area (Å²) in [7, 11) is 0. The zero-order valence-corrected chi connectivity index (χ0v) is 12.6. The Hall–Kier alpha value is -1.46. The SMILES string of the molecule is CCN(CC)C(N)=NC1CN(C(=O)OC(C)(C)C)C1. The number of nitrogens with zero attached hydrogens (tertiary/aromatic N) is 3. The number of carbonyl (C=O) groups is 1. The van der Waals surface area contributed by atoms with Crippen molar-refractivity contribution in [2.75, 3.05) is 26.2 Å². The molecule has 1 fully saturated rings. The van der Waals surface area contributed by atoms with E-state index in [1.165, 1.54) is 0 Å². The minimum atomic E-state index is -0.453. The fraction of sp³-hybridized carbons (Fsp3) is 0.846. The van der Waals surface area contributed by atoms with E-state index in [2.05, 4.69) is 4.99 Å². The Morgan fingerprint density at radius 1 is 1.37 bits per heavy atom. The Bertz CT molecular complexity index is 339. The lowest BCUT2D eigenvalue weighted by atomic mass is 10.1. The fourth-order valence-corrected chi connectivity index (χ4v) is 1.83. The highest BCUT2D eigenvalue weighted by Crippen LogP contribution is 2.17. The van der Waals surface area contributed by atoms with Crippen molar-refractivity contribution in [3.63, 3.8) is 0 Å². The van der Waals surface area contributed by atoms with Crippen LogP contribution in [0.1, 0.15) is 34.6 Å². The van der Waals surface area contributed by atoms with E-state index in [-0.39, 0.29) is 12.1 Å². The van der Waals surface area contributed by atoms with E-state index in [4.69, 9.17) is 10.5 Å². The third-order valence-corrected chi connectivity index (χ3v) is 2.92. The molecule has 2 N–H and O–H groups in total. The second-order valence-corrected chi connectivity index (χ2v) is 5.70. The van der Waals surface area contributed by atoms with E-state index in [1.54, 1.807) is 4.90 Å². The number of nitrogens with two attached hydrogens (primary N) is 1. The lowest BCUT2D eigenvalue weighted by molar-refractivity contribution is 0.00895. The number of aliphatic imine (C=N–C) groups is 1. The summed E-state index contributed by atoms with van der Waals surface area (Å²) in [5, 5.41) is 0. The first-order valence-corrected chi connectivity index (χ1v) is 6.83. The van der Waals surface area contributed by atoms with Gasteiger partial charge in [0.05, 0.1) is 6.04 Å². The Morgan fingerprint density at radius 2 is 1.89 bits per heavy atom. The molecule has 6 nitrogen and oxygen atoms in total. The van der Waals surface area contributed by atoms with E-state index in [0.29, 0.717) is 19.0 Å². The van der Waals surface area contributed by atoms with E-state index >= 15 is 0 Å². The van der Waals surface area contributed by atoms with Crippen LogP contribution in [0.4, 0.5) is 4.79 Å². The van der Waals surface area contributed by atoms with Gasteiger partial charge in [0.15, 0.2) is 5.96 Å². The minimum Gasteiger partial charge on any atom is -0.444 e. The number of guanidine groups is 1. The number of ether oxygens (including phenoxy) is 1. The molecule has 0 unspecified atom stereocenters. The number of likely N-dealkylation sites (tertiary alicyclic amines) is 1. The van der Waals surface area contributed by atoms with Crippen molar-refractivity contribution >= 4 is 12.1 Å². The van der Waals surface area contributed by atoms with Gasteiger partial charge in [0.2, 0.25) is 0 Å². The van der Waals surface area contributed by atoms with Crippen molar-refractivity contribution in [1.82, 2.24) is 9.80 Å². The van der Waals surface area contributed by atoms with Gasteiger partial charge in [-0.2, -0.15) is 0 Å². The number of carbonyl (C=O) groups excluding carboxylic acids is 1. The molecule has 0 aromatic carbocycles. The molecule has 0 aliphatic carbocycles. The van der Waals surface area contributed by atoms with Gasteiger partial charge >= 0.3 is 6.09 Å². The Balaban J connectivity index is 2.41. The van der Waals surface area contributed by atoms with Crippen molar-refractivity contribution in [2.24, 2.45) is 10.7 Å². The molecule has 1 amide bonds. The van der Waals surface area contributed by atoms with E-state index in [0.717, 1.165) is 13.1 Å². The predicted molar refractivity (Wildman–Crippen MR) is 76.1 cm³/mol.